The van der Waals surface area contributed by atoms with Gasteiger partial charge >= 0.3 is 0 Å². The number of aliphatic hydroxyl groups is 1. The number of piperidine rings is 1. The average molecular weight is 133 g/mol. The Labute approximate surface area is 55.0 Å². The van der Waals surface area contributed by atoms with E-state index in [2.05, 4.69) is 12.8 Å². The molecule has 1 heterocycles. The van der Waals surface area contributed by atoms with Gasteiger partial charge in [-0.3, -0.25) is 4.31 Å². The predicted molar refractivity (Wildman–Crippen MR) is 35.8 cm³/mol. The zero-order valence-electron chi connectivity index (χ0n) is 4.75. The minimum absolute atomic E-state index is 0.0709. The first-order valence-electron chi connectivity index (χ1n) is 2.91. The van der Waals surface area contributed by atoms with Gasteiger partial charge in [-0.1, -0.05) is 12.8 Å². The minimum atomic E-state index is -0.0709. The molecule has 1 saturated heterocycles. The van der Waals surface area contributed by atoms with E-state index in [1.54, 1.807) is 0 Å². The van der Waals surface area contributed by atoms with Crippen molar-refractivity contribution in [3.8, 4) is 0 Å². The Morgan fingerprint density at radius 2 is 1.88 bits per heavy atom. The fourth-order valence-corrected chi connectivity index (χ4v) is 1.08. The van der Waals surface area contributed by atoms with Gasteiger partial charge in [-0.05, 0) is 12.8 Å². The summed E-state index contributed by atoms with van der Waals surface area (Å²) in [7, 11) is 0. The molecule has 0 aromatic carbocycles. The SMILES string of the molecule is OC1CCN(S)CC1. The quantitative estimate of drug-likeness (QED) is 0.464. The van der Waals surface area contributed by atoms with Crippen LogP contribution in [0, 0.1) is 0 Å². The molecule has 3 heteroatoms. The van der Waals surface area contributed by atoms with E-state index in [0.717, 1.165) is 25.9 Å². The van der Waals surface area contributed by atoms with Crippen LogP contribution in [0.25, 0.3) is 0 Å². The van der Waals surface area contributed by atoms with Crippen LogP contribution >= 0.6 is 12.8 Å². The van der Waals surface area contributed by atoms with Crippen molar-refractivity contribution in [2.75, 3.05) is 13.1 Å². The van der Waals surface area contributed by atoms with E-state index in [-0.39, 0.29) is 6.10 Å². The Morgan fingerprint density at radius 3 is 2.25 bits per heavy atom. The molecule has 0 atom stereocenters. The Balaban J connectivity index is 2.19. The summed E-state index contributed by atoms with van der Waals surface area (Å²) in [5.74, 6) is 0. The van der Waals surface area contributed by atoms with Crippen LogP contribution in [0.5, 0.6) is 0 Å². The molecule has 0 radical (unpaired) electrons. The van der Waals surface area contributed by atoms with Gasteiger partial charge in [0.05, 0.1) is 6.10 Å². The third-order valence-corrected chi connectivity index (χ3v) is 1.84. The summed E-state index contributed by atoms with van der Waals surface area (Å²) in [4.78, 5) is 0. The molecule has 0 aromatic rings. The van der Waals surface area contributed by atoms with Gasteiger partial charge in [0.1, 0.15) is 0 Å². The molecule has 0 unspecified atom stereocenters. The molecule has 1 aliphatic heterocycles. The smallest absolute Gasteiger partial charge is 0.0565 e. The van der Waals surface area contributed by atoms with E-state index in [9.17, 15) is 0 Å². The molecule has 0 amide bonds. The highest BCUT2D eigenvalue weighted by Gasteiger charge is 2.13. The molecule has 1 N–H and O–H groups in total. The number of nitrogens with zero attached hydrogens (tertiary/aromatic N) is 1. The summed E-state index contributed by atoms with van der Waals surface area (Å²) in [6, 6.07) is 0. The van der Waals surface area contributed by atoms with Gasteiger partial charge in [-0.15, -0.1) is 0 Å². The van der Waals surface area contributed by atoms with Crippen molar-refractivity contribution in [3.63, 3.8) is 0 Å². The predicted octanol–water partition coefficient (Wildman–Crippen LogP) is 0.288. The molecular formula is C5H11NOS. The van der Waals surface area contributed by atoms with Crippen LogP contribution in [0.4, 0.5) is 0 Å². The Bertz CT molecular complexity index is 60.8. The van der Waals surface area contributed by atoms with Crippen molar-refractivity contribution in [1.29, 1.82) is 0 Å². The summed E-state index contributed by atoms with van der Waals surface area (Å²) < 4.78 is 1.94. The second-order valence-corrected chi connectivity index (χ2v) is 2.75. The first kappa shape index (κ1) is 6.39. The molecule has 0 spiro atoms. The van der Waals surface area contributed by atoms with Crippen molar-refractivity contribution in [3.05, 3.63) is 0 Å². The zero-order valence-corrected chi connectivity index (χ0v) is 5.64. The van der Waals surface area contributed by atoms with Crippen molar-refractivity contribution in [1.82, 2.24) is 4.31 Å². The number of hydrogen-bond donors (Lipinski definition) is 2. The number of hydrogen-bond acceptors (Lipinski definition) is 3. The fraction of sp³-hybridized carbons (Fsp3) is 1.00. The van der Waals surface area contributed by atoms with E-state index in [0.29, 0.717) is 0 Å². The molecule has 0 aliphatic carbocycles. The third kappa shape index (κ3) is 1.65. The largest absolute Gasteiger partial charge is 0.393 e. The molecule has 48 valence electrons. The highest BCUT2D eigenvalue weighted by molar-refractivity contribution is 7.77. The van der Waals surface area contributed by atoms with Gasteiger partial charge in [-0.2, -0.15) is 0 Å². The maximum atomic E-state index is 8.97. The summed E-state index contributed by atoms with van der Waals surface area (Å²) in [5.41, 5.74) is 0. The van der Waals surface area contributed by atoms with E-state index in [4.69, 9.17) is 5.11 Å². The minimum Gasteiger partial charge on any atom is -0.393 e. The summed E-state index contributed by atoms with van der Waals surface area (Å²) >= 11 is 4.12. The highest BCUT2D eigenvalue weighted by Crippen LogP contribution is 2.10. The summed E-state index contributed by atoms with van der Waals surface area (Å²) in [6.07, 6.45) is 1.69. The topological polar surface area (TPSA) is 23.5 Å². The molecule has 1 rings (SSSR count). The molecule has 8 heavy (non-hydrogen) atoms. The summed E-state index contributed by atoms with van der Waals surface area (Å²) in [5, 5.41) is 8.97. The van der Waals surface area contributed by atoms with Crippen molar-refractivity contribution in [2.45, 2.75) is 18.9 Å². The molecule has 1 aliphatic rings. The van der Waals surface area contributed by atoms with Crippen molar-refractivity contribution in [2.24, 2.45) is 0 Å². The van der Waals surface area contributed by atoms with Crippen LogP contribution in [0.3, 0.4) is 0 Å². The first-order chi connectivity index (χ1) is 3.79. The van der Waals surface area contributed by atoms with Crippen LogP contribution in [0.15, 0.2) is 0 Å². The van der Waals surface area contributed by atoms with Gasteiger partial charge in [0, 0.05) is 13.1 Å². The lowest BCUT2D eigenvalue weighted by molar-refractivity contribution is 0.117. The van der Waals surface area contributed by atoms with Gasteiger partial charge < -0.3 is 5.11 Å². The number of aliphatic hydroxyl groups excluding tert-OH is 1. The van der Waals surface area contributed by atoms with Crippen LogP contribution in [0.2, 0.25) is 0 Å². The van der Waals surface area contributed by atoms with Crippen LogP contribution in [-0.4, -0.2) is 28.6 Å². The fourth-order valence-electron chi connectivity index (χ4n) is 0.852. The van der Waals surface area contributed by atoms with Crippen LogP contribution in [-0.2, 0) is 0 Å². The highest BCUT2D eigenvalue weighted by atomic mass is 32.1. The normalized spacial score (nSPS) is 26.2. The lowest BCUT2D eigenvalue weighted by Gasteiger charge is -2.23. The molecule has 0 bridgehead atoms. The Kier molecular flexibility index (Phi) is 2.16. The third-order valence-electron chi connectivity index (χ3n) is 1.44. The standard InChI is InChI=1S/C5H11NOS/c7-5-1-3-6(8)4-2-5/h5,7-8H,1-4H2. The Morgan fingerprint density at radius 1 is 1.38 bits per heavy atom. The lowest BCUT2D eigenvalue weighted by atomic mass is 10.1. The van der Waals surface area contributed by atoms with Crippen molar-refractivity contribution >= 4 is 12.8 Å². The van der Waals surface area contributed by atoms with E-state index >= 15 is 0 Å². The van der Waals surface area contributed by atoms with E-state index < -0.39 is 0 Å². The molecule has 2 nitrogen and oxygen atoms in total. The van der Waals surface area contributed by atoms with E-state index in [1.807, 2.05) is 4.31 Å². The summed E-state index contributed by atoms with van der Waals surface area (Å²) in [6.45, 7) is 1.84. The molecular weight excluding hydrogens is 122 g/mol. The Hall–Kier alpha value is 0.270. The second kappa shape index (κ2) is 2.71. The second-order valence-electron chi connectivity index (χ2n) is 2.18. The number of thiol groups is 1. The lowest BCUT2D eigenvalue weighted by Crippen LogP contribution is -2.29. The van der Waals surface area contributed by atoms with Crippen LogP contribution in [0.1, 0.15) is 12.8 Å². The van der Waals surface area contributed by atoms with Gasteiger partial charge in [0.25, 0.3) is 0 Å². The zero-order chi connectivity index (χ0) is 5.98. The molecule has 0 saturated carbocycles. The number of rotatable bonds is 0. The van der Waals surface area contributed by atoms with Crippen LogP contribution < -0.4 is 0 Å². The van der Waals surface area contributed by atoms with E-state index in [1.165, 1.54) is 0 Å². The molecule has 0 aromatic heterocycles. The molecule has 1 fully saturated rings. The van der Waals surface area contributed by atoms with Crippen molar-refractivity contribution < 1.29 is 5.11 Å². The monoisotopic (exact) mass is 133 g/mol. The maximum Gasteiger partial charge on any atom is 0.0565 e. The maximum absolute atomic E-state index is 8.97. The average Bonchev–Trinajstić information content (AvgIpc) is 1.77. The van der Waals surface area contributed by atoms with Gasteiger partial charge in [0.2, 0.25) is 0 Å². The first-order valence-corrected chi connectivity index (χ1v) is 3.31. The van der Waals surface area contributed by atoms with Gasteiger partial charge in [0.15, 0.2) is 0 Å². The van der Waals surface area contributed by atoms with Gasteiger partial charge in [-0.25, -0.2) is 0 Å².